The molecule has 17 heavy (non-hydrogen) atoms. The number of rotatable bonds is 5. The van der Waals surface area contributed by atoms with Gasteiger partial charge in [0, 0.05) is 17.8 Å². The van der Waals surface area contributed by atoms with E-state index in [0.29, 0.717) is 0 Å². The summed E-state index contributed by atoms with van der Waals surface area (Å²) < 4.78 is 5.13. The number of benzene rings is 1. The molecule has 4 heteroatoms. The van der Waals surface area contributed by atoms with Gasteiger partial charge in [-0.25, -0.2) is 0 Å². The van der Waals surface area contributed by atoms with Crippen molar-refractivity contribution in [2.24, 2.45) is 0 Å². The van der Waals surface area contributed by atoms with Crippen LogP contribution in [0.3, 0.4) is 0 Å². The van der Waals surface area contributed by atoms with E-state index in [1.807, 2.05) is 24.3 Å². The van der Waals surface area contributed by atoms with Gasteiger partial charge in [-0.05, 0) is 36.9 Å². The second-order valence-electron chi connectivity index (χ2n) is 3.79. The monoisotopic (exact) mass is 231 g/mol. The summed E-state index contributed by atoms with van der Waals surface area (Å²) in [7, 11) is 1.66. The Morgan fingerprint density at radius 2 is 2.06 bits per heavy atom. The highest BCUT2D eigenvalue weighted by Crippen LogP contribution is 2.20. The van der Waals surface area contributed by atoms with Gasteiger partial charge in [-0.15, -0.1) is 0 Å². The molecular weight excluding hydrogens is 214 g/mol. The first-order valence-corrected chi connectivity index (χ1v) is 5.73. The molecule has 0 unspecified atom stereocenters. The van der Waals surface area contributed by atoms with Gasteiger partial charge in [0.2, 0.25) is 0 Å². The average molecular weight is 231 g/mol. The van der Waals surface area contributed by atoms with Gasteiger partial charge in [-0.1, -0.05) is 6.92 Å². The summed E-state index contributed by atoms with van der Waals surface area (Å²) in [6, 6.07) is 9.95. The van der Waals surface area contributed by atoms with Gasteiger partial charge in [0.05, 0.1) is 12.8 Å². The standard InChI is InChI=1S/C13H17N3O/c1-3-14-9-11-8-13(16-15-11)10-4-6-12(17-2)7-5-10/h4-8,14H,3,9H2,1-2H3,(H,15,16). The van der Waals surface area contributed by atoms with Gasteiger partial charge >= 0.3 is 0 Å². The van der Waals surface area contributed by atoms with Gasteiger partial charge in [0.15, 0.2) is 0 Å². The second-order valence-corrected chi connectivity index (χ2v) is 3.79. The van der Waals surface area contributed by atoms with Crippen LogP contribution in [-0.2, 0) is 6.54 Å². The van der Waals surface area contributed by atoms with Crippen LogP contribution in [0.15, 0.2) is 30.3 Å². The second kappa shape index (κ2) is 5.50. The van der Waals surface area contributed by atoms with Crippen molar-refractivity contribution >= 4 is 0 Å². The maximum absolute atomic E-state index is 5.13. The Balaban J connectivity index is 2.12. The number of hydrogen-bond acceptors (Lipinski definition) is 3. The Morgan fingerprint density at radius 1 is 1.29 bits per heavy atom. The van der Waals surface area contributed by atoms with Gasteiger partial charge in [0.1, 0.15) is 5.75 Å². The molecule has 2 rings (SSSR count). The highest BCUT2D eigenvalue weighted by atomic mass is 16.5. The van der Waals surface area contributed by atoms with Crippen LogP contribution in [0.2, 0.25) is 0 Å². The zero-order valence-electron chi connectivity index (χ0n) is 10.2. The molecule has 0 spiro atoms. The van der Waals surface area contributed by atoms with E-state index in [-0.39, 0.29) is 0 Å². The molecule has 0 radical (unpaired) electrons. The molecule has 0 aliphatic heterocycles. The molecule has 1 aromatic carbocycles. The highest BCUT2D eigenvalue weighted by Gasteiger charge is 2.03. The Kier molecular flexibility index (Phi) is 3.77. The molecule has 0 atom stereocenters. The Bertz CT molecular complexity index is 462. The van der Waals surface area contributed by atoms with Gasteiger partial charge in [-0.2, -0.15) is 5.10 Å². The summed E-state index contributed by atoms with van der Waals surface area (Å²) in [6.07, 6.45) is 0. The van der Waals surface area contributed by atoms with E-state index in [1.165, 1.54) is 0 Å². The molecule has 2 N–H and O–H groups in total. The summed E-state index contributed by atoms with van der Waals surface area (Å²) in [5.74, 6) is 0.858. The normalized spacial score (nSPS) is 10.5. The number of hydrogen-bond donors (Lipinski definition) is 2. The van der Waals surface area contributed by atoms with E-state index in [0.717, 1.165) is 35.8 Å². The van der Waals surface area contributed by atoms with Gasteiger partial charge in [-0.3, -0.25) is 5.10 Å². The van der Waals surface area contributed by atoms with E-state index < -0.39 is 0 Å². The molecule has 0 amide bonds. The van der Waals surface area contributed by atoms with Crippen LogP contribution >= 0.6 is 0 Å². The lowest BCUT2D eigenvalue weighted by molar-refractivity contribution is 0.415. The molecule has 0 bridgehead atoms. The zero-order chi connectivity index (χ0) is 12.1. The molecule has 90 valence electrons. The summed E-state index contributed by atoms with van der Waals surface area (Å²) in [4.78, 5) is 0. The number of aromatic nitrogens is 2. The molecule has 0 saturated carbocycles. The van der Waals surface area contributed by atoms with Crippen molar-refractivity contribution in [1.29, 1.82) is 0 Å². The van der Waals surface area contributed by atoms with Crippen molar-refractivity contribution in [3.8, 4) is 17.0 Å². The number of nitrogens with one attached hydrogen (secondary N) is 2. The topological polar surface area (TPSA) is 49.9 Å². The quantitative estimate of drug-likeness (QED) is 0.829. The van der Waals surface area contributed by atoms with Crippen molar-refractivity contribution < 1.29 is 4.74 Å². The minimum atomic E-state index is 0.819. The van der Waals surface area contributed by atoms with E-state index in [2.05, 4.69) is 28.5 Å². The molecule has 2 aromatic rings. The van der Waals surface area contributed by atoms with Crippen molar-refractivity contribution in [3.63, 3.8) is 0 Å². The van der Waals surface area contributed by atoms with Crippen molar-refractivity contribution in [3.05, 3.63) is 36.0 Å². The number of ether oxygens (including phenoxy) is 1. The van der Waals surface area contributed by atoms with Crippen molar-refractivity contribution in [2.75, 3.05) is 13.7 Å². The highest BCUT2D eigenvalue weighted by molar-refractivity contribution is 5.60. The van der Waals surface area contributed by atoms with E-state index in [9.17, 15) is 0 Å². The van der Waals surface area contributed by atoms with Crippen molar-refractivity contribution in [2.45, 2.75) is 13.5 Å². The third-order valence-electron chi connectivity index (χ3n) is 2.58. The fraction of sp³-hybridized carbons (Fsp3) is 0.308. The third kappa shape index (κ3) is 2.85. The van der Waals surface area contributed by atoms with Crippen LogP contribution in [0, 0.1) is 0 Å². The zero-order valence-corrected chi connectivity index (χ0v) is 10.2. The molecule has 0 aliphatic carbocycles. The fourth-order valence-electron chi connectivity index (χ4n) is 1.62. The first kappa shape index (κ1) is 11.7. The maximum atomic E-state index is 5.13. The van der Waals surface area contributed by atoms with E-state index in [1.54, 1.807) is 7.11 Å². The maximum Gasteiger partial charge on any atom is 0.118 e. The smallest absolute Gasteiger partial charge is 0.118 e. The predicted molar refractivity (Wildman–Crippen MR) is 68.0 cm³/mol. The first-order valence-electron chi connectivity index (χ1n) is 5.73. The number of aromatic amines is 1. The number of nitrogens with zero attached hydrogens (tertiary/aromatic N) is 1. The van der Waals surface area contributed by atoms with Crippen molar-refractivity contribution in [1.82, 2.24) is 15.5 Å². The summed E-state index contributed by atoms with van der Waals surface area (Å²) in [6.45, 7) is 3.86. The predicted octanol–water partition coefficient (Wildman–Crippen LogP) is 2.19. The number of H-pyrrole nitrogens is 1. The molecule has 1 aromatic heterocycles. The number of methoxy groups -OCH3 is 1. The van der Waals surface area contributed by atoms with E-state index in [4.69, 9.17) is 4.74 Å². The molecule has 0 aliphatic rings. The SMILES string of the molecule is CCNCc1cc(-c2ccc(OC)cc2)n[nH]1. The summed E-state index contributed by atoms with van der Waals surface area (Å²) in [5, 5.41) is 10.6. The summed E-state index contributed by atoms with van der Waals surface area (Å²) in [5.41, 5.74) is 3.14. The Labute approximate surface area is 101 Å². The van der Waals surface area contributed by atoms with Crippen LogP contribution in [0.1, 0.15) is 12.6 Å². The van der Waals surface area contributed by atoms with Crippen LogP contribution in [0.25, 0.3) is 11.3 Å². The molecule has 1 heterocycles. The molecule has 4 nitrogen and oxygen atoms in total. The molecular formula is C13H17N3O. The fourth-order valence-corrected chi connectivity index (χ4v) is 1.62. The van der Waals surface area contributed by atoms with Crippen LogP contribution in [0.5, 0.6) is 5.75 Å². The summed E-state index contributed by atoms with van der Waals surface area (Å²) >= 11 is 0. The van der Waals surface area contributed by atoms with Crippen LogP contribution < -0.4 is 10.1 Å². The lowest BCUT2D eigenvalue weighted by atomic mass is 10.1. The first-order chi connectivity index (χ1) is 8.33. The largest absolute Gasteiger partial charge is 0.497 e. The minimum absolute atomic E-state index is 0.819. The van der Waals surface area contributed by atoms with Gasteiger partial charge in [0.25, 0.3) is 0 Å². The lowest BCUT2D eigenvalue weighted by Crippen LogP contribution is -2.11. The lowest BCUT2D eigenvalue weighted by Gasteiger charge is -2.00. The molecule has 0 saturated heterocycles. The Morgan fingerprint density at radius 3 is 2.71 bits per heavy atom. The van der Waals surface area contributed by atoms with Crippen LogP contribution in [-0.4, -0.2) is 23.9 Å². The van der Waals surface area contributed by atoms with Crippen LogP contribution in [0.4, 0.5) is 0 Å². The van der Waals surface area contributed by atoms with E-state index >= 15 is 0 Å². The minimum Gasteiger partial charge on any atom is -0.497 e. The molecule has 0 fully saturated rings. The average Bonchev–Trinajstić information content (AvgIpc) is 2.85. The van der Waals surface area contributed by atoms with Gasteiger partial charge < -0.3 is 10.1 Å². The third-order valence-corrected chi connectivity index (χ3v) is 2.58. The Hall–Kier alpha value is -1.81.